The third-order valence-electron chi connectivity index (χ3n) is 6.10. The molecule has 1 heterocycles. The maximum absolute atomic E-state index is 12.5. The van der Waals surface area contributed by atoms with Gasteiger partial charge in [0.2, 0.25) is 0 Å². The summed E-state index contributed by atoms with van der Waals surface area (Å²) in [7, 11) is -4.30. The topological polar surface area (TPSA) is 137 Å². The normalized spacial score (nSPS) is 13.5. The van der Waals surface area contributed by atoms with Crippen molar-refractivity contribution in [2.75, 3.05) is 12.4 Å². The Bertz CT molecular complexity index is 1330. The number of carbonyl (C=O) groups is 2. The van der Waals surface area contributed by atoms with Crippen molar-refractivity contribution in [3.63, 3.8) is 0 Å². The van der Waals surface area contributed by atoms with E-state index in [1.54, 1.807) is 29.1 Å². The summed E-state index contributed by atoms with van der Waals surface area (Å²) in [5, 5.41) is 12.1. The fourth-order valence-corrected chi connectivity index (χ4v) is 4.96. The summed E-state index contributed by atoms with van der Waals surface area (Å²) in [6, 6.07) is 18.0. The van der Waals surface area contributed by atoms with Gasteiger partial charge in [0.15, 0.2) is 12.4 Å². The van der Waals surface area contributed by atoms with E-state index in [0.29, 0.717) is 5.56 Å². The zero-order chi connectivity index (χ0) is 25.7. The third-order valence-corrected chi connectivity index (χ3v) is 6.89. The second-order valence-electron chi connectivity index (χ2n) is 8.63. The quantitative estimate of drug-likeness (QED) is 0.316. The van der Waals surface area contributed by atoms with Crippen LogP contribution in [0.5, 0.6) is 0 Å². The number of benzene rings is 2. The van der Waals surface area contributed by atoms with E-state index in [-0.39, 0.29) is 31.9 Å². The summed E-state index contributed by atoms with van der Waals surface area (Å²) in [6.45, 7) is 0.354. The van der Waals surface area contributed by atoms with Crippen LogP contribution in [0.4, 0.5) is 4.79 Å². The Kier molecular flexibility index (Phi) is 7.66. The molecule has 9 nitrogen and oxygen atoms in total. The van der Waals surface area contributed by atoms with Crippen LogP contribution in [0, 0.1) is 0 Å². The Morgan fingerprint density at radius 1 is 1.03 bits per heavy atom. The first-order valence-corrected chi connectivity index (χ1v) is 13.0. The molecule has 0 bridgehead atoms. The van der Waals surface area contributed by atoms with E-state index >= 15 is 0 Å². The Labute approximate surface area is 209 Å². The molecule has 188 valence electrons. The van der Waals surface area contributed by atoms with Gasteiger partial charge in [-0.1, -0.05) is 48.5 Å². The van der Waals surface area contributed by atoms with Crippen molar-refractivity contribution >= 4 is 22.2 Å². The molecule has 1 aliphatic rings. The van der Waals surface area contributed by atoms with Crippen molar-refractivity contribution in [3.05, 3.63) is 89.7 Å². The second-order valence-corrected chi connectivity index (χ2v) is 10.2. The molecule has 10 heteroatoms. The number of carboxylic acid groups (broad SMARTS) is 1. The summed E-state index contributed by atoms with van der Waals surface area (Å²) >= 11 is 0. The number of alkyl carbamates (subject to hydrolysis) is 1. The Hall–Kier alpha value is -3.76. The van der Waals surface area contributed by atoms with Gasteiger partial charge in [-0.2, -0.15) is 0 Å². The van der Waals surface area contributed by atoms with E-state index in [0.717, 1.165) is 22.3 Å². The average molecular weight is 511 g/mol. The van der Waals surface area contributed by atoms with Crippen LogP contribution in [0.1, 0.15) is 29.0 Å². The zero-order valence-corrected chi connectivity index (χ0v) is 20.2. The molecule has 1 unspecified atom stereocenters. The number of nitrogens with zero attached hydrogens (tertiary/aromatic N) is 1. The molecule has 0 fully saturated rings. The highest BCUT2D eigenvalue weighted by Crippen LogP contribution is 2.44. The van der Waals surface area contributed by atoms with Crippen molar-refractivity contribution in [2.45, 2.75) is 31.3 Å². The van der Waals surface area contributed by atoms with Gasteiger partial charge in [-0.3, -0.25) is 0 Å². The number of carbonyl (C=O) groups excluding carboxylic acids is 1. The van der Waals surface area contributed by atoms with E-state index in [1.807, 2.05) is 48.5 Å². The monoisotopic (exact) mass is 510 g/mol. The minimum Gasteiger partial charge on any atom is -0.748 e. The molecule has 0 spiro atoms. The predicted molar refractivity (Wildman–Crippen MR) is 129 cm³/mol. The molecule has 3 aromatic rings. The number of rotatable bonds is 10. The maximum atomic E-state index is 12.5. The van der Waals surface area contributed by atoms with E-state index in [2.05, 4.69) is 5.32 Å². The number of aliphatic carboxylic acids is 1. The molecule has 1 aliphatic carbocycles. The number of aryl methyl sites for hydroxylation is 1. The summed E-state index contributed by atoms with van der Waals surface area (Å²) in [4.78, 5) is 24.4. The van der Waals surface area contributed by atoms with Gasteiger partial charge in [-0.25, -0.2) is 22.6 Å². The first-order chi connectivity index (χ1) is 17.2. The van der Waals surface area contributed by atoms with Gasteiger partial charge in [-0.05, 0) is 28.3 Å². The van der Waals surface area contributed by atoms with Crippen molar-refractivity contribution in [3.8, 4) is 11.1 Å². The first kappa shape index (κ1) is 25.3. The standard InChI is InChI=1S/C26H26N2O7S/c29-25(30)24(15-18-7-5-12-28(16-18)13-6-14-36(32,33)34)27-26(31)35-17-23-21-10-3-1-8-19(21)20-9-2-4-11-22(20)23/h1-5,7-12,16,23-24H,6,13-15,17H2,(H2-,27,29,30,31,32,33,34). The van der Waals surface area contributed by atoms with Gasteiger partial charge in [0, 0.05) is 36.1 Å². The molecule has 1 amide bonds. The third kappa shape index (κ3) is 6.27. The van der Waals surface area contributed by atoms with Gasteiger partial charge in [0.25, 0.3) is 0 Å². The molecule has 1 atom stereocenters. The van der Waals surface area contributed by atoms with Crippen molar-refractivity contribution in [1.82, 2.24) is 5.32 Å². The van der Waals surface area contributed by atoms with Crippen LogP contribution in [-0.4, -0.2) is 48.5 Å². The largest absolute Gasteiger partial charge is 0.748 e. The number of carboxylic acids is 1. The summed E-state index contributed by atoms with van der Waals surface area (Å²) in [6.07, 6.45) is 2.66. The Balaban J connectivity index is 1.37. The fraction of sp³-hybridized carbons (Fsp3) is 0.269. The van der Waals surface area contributed by atoms with E-state index in [4.69, 9.17) is 4.74 Å². The van der Waals surface area contributed by atoms with Gasteiger partial charge in [0.05, 0.1) is 10.1 Å². The number of pyridine rings is 1. The lowest BCUT2D eigenvalue weighted by Crippen LogP contribution is -2.43. The molecule has 2 N–H and O–H groups in total. The van der Waals surface area contributed by atoms with Gasteiger partial charge in [0.1, 0.15) is 19.2 Å². The van der Waals surface area contributed by atoms with Crippen LogP contribution >= 0.6 is 0 Å². The number of fused-ring (bicyclic) bond motifs is 3. The molecule has 0 saturated heterocycles. The lowest BCUT2D eigenvalue weighted by Gasteiger charge is -2.17. The van der Waals surface area contributed by atoms with Gasteiger partial charge in [-0.15, -0.1) is 0 Å². The van der Waals surface area contributed by atoms with E-state index < -0.39 is 34.0 Å². The number of aromatic nitrogens is 1. The minimum atomic E-state index is -4.30. The molecule has 2 aromatic carbocycles. The molecular formula is C26H26N2O7S. The smallest absolute Gasteiger partial charge is 0.407 e. The Morgan fingerprint density at radius 3 is 2.28 bits per heavy atom. The molecule has 4 rings (SSSR count). The van der Waals surface area contributed by atoms with Crippen molar-refractivity contribution in [1.29, 1.82) is 0 Å². The number of nitrogens with one attached hydrogen (secondary N) is 1. The SMILES string of the molecule is O=C(NC(Cc1ccc[n+](CCCS(=O)(=O)[O-])c1)C(=O)O)OCC1c2ccccc2-c2ccccc21. The van der Waals surface area contributed by atoms with Crippen LogP contribution in [0.25, 0.3) is 11.1 Å². The van der Waals surface area contributed by atoms with Crippen LogP contribution in [0.2, 0.25) is 0 Å². The number of ether oxygens (including phenoxy) is 1. The highest BCUT2D eigenvalue weighted by molar-refractivity contribution is 7.85. The van der Waals surface area contributed by atoms with Gasteiger partial charge < -0.3 is 19.7 Å². The molecule has 36 heavy (non-hydrogen) atoms. The molecule has 0 saturated carbocycles. The molecule has 0 aliphatic heterocycles. The van der Waals surface area contributed by atoms with E-state index in [9.17, 15) is 27.7 Å². The van der Waals surface area contributed by atoms with Crippen LogP contribution in [0.15, 0.2) is 73.1 Å². The molecule has 0 radical (unpaired) electrons. The van der Waals surface area contributed by atoms with Crippen molar-refractivity contribution in [2.24, 2.45) is 0 Å². The average Bonchev–Trinajstić information content (AvgIpc) is 3.15. The summed E-state index contributed by atoms with van der Waals surface area (Å²) in [5.41, 5.74) is 4.92. The van der Waals surface area contributed by atoms with Crippen LogP contribution < -0.4 is 9.88 Å². The number of amides is 1. The lowest BCUT2D eigenvalue weighted by molar-refractivity contribution is -0.697. The Morgan fingerprint density at radius 2 is 1.67 bits per heavy atom. The van der Waals surface area contributed by atoms with Crippen molar-refractivity contribution < 1.29 is 37.0 Å². The highest BCUT2D eigenvalue weighted by Gasteiger charge is 2.30. The minimum absolute atomic E-state index is 0.000221. The molecule has 1 aromatic heterocycles. The second kappa shape index (κ2) is 10.9. The lowest BCUT2D eigenvalue weighted by atomic mass is 9.98. The van der Waals surface area contributed by atoms with Crippen LogP contribution in [-0.2, 0) is 32.6 Å². The summed E-state index contributed by atoms with van der Waals surface area (Å²) in [5.74, 6) is -1.83. The maximum Gasteiger partial charge on any atom is 0.407 e. The zero-order valence-electron chi connectivity index (χ0n) is 19.4. The van der Waals surface area contributed by atoms with E-state index in [1.165, 1.54) is 0 Å². The fourth-order valence-electron chi connectivity index (χ4n) is 4.48. The van der Waals surface area contributed by atoms with Gasteiger partial charge >= 0.3 is 12.1 Å². The molecular weight excluding hydrogens is 484 g/mol. The summed E-state index contributed by atoms with van der Waals surface area (Å²) < 4.78 is 39.5. The number of hydrogen-bond donors (Lipinski definition) is 2. The number of hydrogen-bond acceptors (Lipinski definition) is 6. The first-order valence-electron chi connectivity index (χ1n) is 11.5. The van der Waals surface area contributed by atoms with Crippen LogP contribution in [0.3, 0.4) is 0 Å². The predicted octanol–water partition coefficient (Wildman–Crippen LogP) is 2.44. The highest BCUT2D eigenvalue weighted by atomic mass is 32.2.